The first-order chi connectivity index (χ1) is 16.2. The smallest absolute Gasteiger partial charge is 0.416 e. The van der Waals surface area contributed by atoms with Gasteiger partial charge in [0.2, 0.25) is 5.82 Å². The SMILES string of the molecule is O=C(O)N1CCC(c2cc(=O)[nH]c3c(-c4nc(-c5cc(C(F)(F)F)ccn5)no4)cnn23)CC1. The Kier molecular flexibility index (Phi) is 5.06. The summed E-state index contributed by atoms with van der Waals surface area (Å²) in [5.41, 5.74) is -0.259. The van der Waals surface area contributed by atoms with Gasteiger partial charge in [-0.1, -0.05) is 5.16 Å². The van der Waals surface area contributed by atoms with Gasteiger partial charge in [0.15, 0.2) is 0 Å². The van der Waals surface area contributed by atoms with Crippen molar-refractivity contribution in [3.63, 3.8) is 0 Å². The summed E-state index contributed by atoms with van der Waals surface area (Å²) in [5.74, 6) is -0.307. The van der Waals surface area contributed by atoms with Gasteiger partial charge in [0.05, 0.1) is 17.5 Å². The average Bonchev–Trinajstić information content (AvgIpc) is 3.45. The summed E-state index contributed by atoms with van der Waals surface area (Å²) in [6, 6.07) is 3.06. The number of carboxylic acid groups (broad SMARTS) is 1. The zero-order chi connectivity index (χ0) is 24.0. The van der Waals surface area contributed by atoms with Gasteiger partial charge in [0.1, 0.15) is 16.9 Å². The number of aromatic nitrogens is 6. The van der Waals surface area contributed by atoms with Crippen molar-refractivity contribution in [2.45, 2.75) is 24.9 Å². The van der Waals surface area contributed by atoms with E-state index in [4.69, 9.17) is 9.63 Å². The molecule has 2 N–H and O–H groups in total. The fourth-order valence-electron chi connectivity index (χ4n) is 3.99. The van der Waals surface area contributed by atoms with Crippen LogP contribution in [-0.4, -0.2) is 58.9 Å². The maximum atomic E-state index is 13.0. The van der Waals surface area contributed by atoms with Crippen molar-refractivity contribution in [3.05, 3.63) is 52.2 Å². The highest BCUT2D eigenvalue weighted by Gasteiger charge is 2.31. The number of amides is 1. The summed E-state index contributed by atoms with van der Waals surface area (Å²) in [4.78, 5) is 35.5. The number of nitrogens with one attached hydrogen (secondary N) is 1. The molecule has 0 unspecified atom stereocenters. The van der Waals surface area contributed by atoms with Crippen LogP contribution in [0.2, 0.25) is 0 Å². The Balaban J connectivity index is 1.49. The highest BCUT2D eigenvalue weighted by molar-refractivity contribution is 5.72. The van der Waals surface area contributed by atoms with Crippen LogP contribution in [0.25, 0.3) is 28.6 Å². The molecule has 1 saturated heterocycles. The van der Waals surface area contributed by atoms with Crippen molar-refractivity contribution in [1.29, 1.82) is 0 Å². The van der Waals surface area contributed by atoms with E-state index in [1.54, 1.807) is 0 Å². The van der Waals surface area contributed by atoms with Crippen molar-refractivity contribution < 1.29 is 27.6 Å². The Bertz CT molecular complexity index is 1430. The van der Waals surface area contributed by atoms with Crippen LogP contribution in [0.4, 0.5) is 18.0 Å². The lowest BCUT2D eigenvalue weighted by Crippen LogP contribution is -2.37. The lowest BCUT2D eigenvalue weighted by atomic mass is 9.93. The number of hydrogen-bond donors (Lipinski definition) is 2. The van der Waals surface area contributed by atoms with Crippen molar-refractivity contribution in [2.75, 3.05) is 13.1 Å². The first-order valence-corrected chi connectivity index (χ1v) is 10.2. The minimum absolute atomic E-state index is 0.0577. The highest BCUT2D eigenvalue weighted by atomic mass is 19.4. The summed E-state index contributed by atoms with van der Waals surface area (Å²) in [6.07, 6.45) is -2.10. The van der Waals surface area contributed by atoms with Crippen LogP contribution in [-0.2, 0) is 6.18 Å². The molecule has 176 valence electrons. The van der Waals surface area contributed by atoms with Crippen LogP contribution >= 0.6 is 0 Å². The fraction of sp³-hybridized carbons (Fsp3) is 0.300. The van der Waals surface area contributed by atoms with Gasteiger partial charge in [-0.15, -0.1) is 0 Å². The predicted molar refractivity (Wildman–Crippen MR) is 109 cm³/mol. The number of piperidine rings is 1. The van der Waals surface area contributed by atoms with Gasteiger partial charge in [-0.2, -0.15) is 23.3 Å². The molecule has 0 aliphatic carbocycles. The van der Waals surface area contributed by atoms with E-state index in [9.17, 15) is 22.8 Å². The van der Waals surface area contributed by atoms with Gasteiger partial charge in [0, 0.05) is 31.3 Å². The Labute approximate surface area is 187 Å². The van der Waals surface area contributed by atoms with E-state index in [0.29, 0.717) is 31.6 Å². The van der Waals surface area contributed by atoms with Crippen molar-refractivity contribution in [2.24, 2.45) is 0 Å². The van der Waals surface area contributed by atoms with E-state index in [1.165, 1.54) is 21.7 Å². The molecule has 0 saturated carbocycles. The Morgan fingerprint density at radius 3 is 2.71 bits per heavy atom. The van der Waals surface area contributed by atoms with Gasteiger partial charge < -0.3 is 19.5 Å². The van der Waals surface area contributed by atoms with Crippen LogP contribution in [0, 0.1) is 0 Å². The number of hydrogen-bond acceptors (Lipinski definition) is 7. The van der Waals surface area contributed by atoms with Crippen LogP contribution in [0.5, 0.6) is 0 Å². The largest absolute Gasteiger partial charge is 0.465 e. The van der Waals surface area contributed by atoms with E-state index in [-0.39, 0.29) is 34.5 Å². The Hall–Kier alpha value is -4.23. The molecule has 0 bridgehead atoms. The molecule has 5 heterocycles. The molecular formula is C20H16F3N7O4. The topological polar surface area (TPSA) is 143 Å². The average molecular weight is 475 g/mol. The van der Waals surface area contributed by atoms with Crippen LogP contribution in [0.15, 0.2) is 39.9 Å². The maximum absolute atomic E-state index is 13.0. The molecule has 5 rings (SSSR count). The molecule has 0 atom stereocenters. The lowest BCUT2D eigenvalue weighted by molar-refractivity contribution is -0.137. The van der Waals surface area contributed by atoms with Crippen LogP contribution in [0.1, 0.15) is 30.0 Å². The fourth-order valence-corrected chi connectivity index (χ4v) is 3.99. The molecular weight excluding hydrogens is 459 g/mol. The zero-order valence-corrected chi connectivity index (χ0v) is 17.3. The van der Waals surface area contributed by atoms with Crippen LogP contribution < -0.4 is 5.56 Å². The first-order valence-electron chi connectivity index (χ1n) is 10.2. The lowest BCUT2D eigenvalue weighted by Gasteiger charge is -2.30. The zero-order valence-electron chi connectivity index (χ0n) is 17.3. The molecule has 34 heavy (non-hydrogen) atoms. The normalized spacial score (nSPS) is 15.2. The number of H-pyrrole nitrogens is 1. The third-order valence-electron chi connectivity index (χ3n) is 5.69. The summed E-state index contributed by atoms with van der Waals surface area (Å²) >= 11 is 0. The standard InChI is InChI=1S/C20H16F3N7O4/c21-20(22,23)11-1-4-24-13(7-11)16-27-18(34-28-16)12-9-25-30-14(8-15(31)26-17(12)30)10-2-5-29(6-3-10)19(32)33/h1,4,7-10H,2-3,5-6H2,(H,26,31)(H,32,33). The third-order valence-corrected chi connectivity index (χ3v) is 5.69. The number of rotatable bonds is 3. The van der Waals surface area contributed by atoms with Gasteiger partial charge in [-0.25, -0.2) is 9.31 Å². The molecule has 11 nitrogen and oxygen atoms in total. The summed E-state index contributed by atoms with van der Waals surface area (Å²) in [5, 5.41) is 17.2. The molecule has 0 aromatic carbocycles. The monoisotopic (exact) mass is 475 g/mol. The second-order valence-electron chi connectivity index (χ2n) is 7.77. The number of pyridine rings is 1. The van der Waals surface area contributed by atoms with Crippen LogP contribution in [0.3, 0.4) is 0 Å². The summed E-state index contributed by atoms with van der Waals surface area (Å²) in [7, 11) is 0. The van der Waals surface area contributed by atoms with E-state index in [0.717, 1.165) is 18.3 Å². The number of alkyl halides is 3. The molecule has 0 spiro atoms. The van der Waals surface area contributed by atoms with Crippen molar-refractivity contribution in [1.82, 2.24) is 34.6 Å². The van der Waals surface area contributed by atoms with E-state index in [2.05, 4.69) is 25.2 Å². The minimum Gasteiger partial charge on any atom is -0.465 e. The number of fused-ring (bicyclic) bond motifs is 1. The Morgan fingerprint density at radius 1 is 1.24 bits per heavy atom. The second kappa shape index (κ2) is 7.97. The molecule has 1 aliphatic heterocycles. The molecule has 1 aliphatic rings. The summed E-state index contributed by atoms with van der Waals surface area (Å²) in [6.45, 7) is 0.666. The third kappa shape index (κ3) is 3.86. The first kappa shape index (κ1) is 21.6. The van der Waals surface area contributed by atoms with E-state index in [1.807, 2.05) is 0 Å². The quantitative estimate of drug-likeness (QED) is 0.460. The van der Waals surface area contributed by atoms with Gasteiger partial charge in [-0.05, 0) is 25.0 Å². The second-order valence-corrected chi connectivity index (χ2v) is 7.77. The molecule has 4 aromatic heterocycles. The molecule has 1 fully saturated rings. The minimum atomic E-state index is -4.55. The molecule has 4 aromatic rings. The predicted octanol–water partition coefficient (Wildman–Crippen LogP) is 3.01. The molecule has 0 radical (unpaired) electrons. The van der Waals surface area contributed by atoms with Crippen molar-refractivity contribution in [3.8, 4) is 23.0 Å². The number of nitrogens with zero attached hydrogens (tertiary/aromatic N) is 6. The van der Waals surface area contributed by atoms with E-state index >= 15 is 0 Å². The maximum Gasteiger partial charge on any atom is 0.416 e. The van der Waals surface area contributed by atoms with E-state index < -0.39 is 23.4 Å². The number of carbonyl (C=O) groups is 1. The summed E-state index contributed by atoms with van der Waals surface area (Å²) < 4.78 is 45.8. The number of likely N-dealkylation sites (tertiary alicyclic amines) is 1. The highest BCUT2D eigenvalue weighted by Crippen LogP contribution is 2.32. The van der Waals surface area contributed by atoms with Gasteiger partial charge >= 0.3 is 12.3 Å². The molecule has 1 amide bonds. The number of halogens is 3. The van der Waals surface area contributed by atoms with Gasteiger partial charge in [0.25, 0.3) is 11.4 Å². The number of aromatic amines is 1. The Morgan fingerprint density at radius 2 is 2.00 bits per heavy atom. The molecule has 14 heteroatoms. The van der Waals surface area contributed by atoms with Gasteiger partial charge in [-0.3, -0.25) is 9.78 Å². The van der Waals surface area contributed by atoms with Crippen molar-refractivity contribution >= 4 is 11.7 Å².